The van der Waals surface area contributed by atoms with Gasteiger partial charge in [-0.1, -0.05) is 12.1 Å². The van der Waals surface area contributed by atoms with Gasteiger partial charge in [0.05, 0.1) is 14.2 Å². The molecular formula is C24H29N3O3. The van der Waals surface area contributed by atoms with E-state index in [9.17, 15) is 4.79 Å². The van der Waals surface area contributed by atoms with Crippen molar-refractivity contribution in [1.82, 2.24) is 4.90 Å². The number of primary amides is 1. The molecular weight excluding hydrogens is 378 g/mol. The van der Waals surface area contributed by atoms with Crippen LogP contribution in [0.1, 0.15) is 36.5 Å². The molecule has 6 heteroatoms. The quantitative estimate of drug-likeness (QED) is 0.831. The largest absolute Gasteiger partial charge is 0.493 e. The van der Waals surface area contributed by atoms with E-state index in [-0.39, 0.29) is 6.04 Å². The second-order valence-corrected chi connectivity index (χ2v) is 7.95. The van der Waals surface area contributed by atoms with Crippen LogP contribution >= 0.6 is 0 Å². The number of fused-ring (bicyclic) bond motifs is 1. The second kappa shape index (κ2) is 8.30. The van der Waals surface area contributed by atoms with E-state index in [1.54, 1.807) is 19.1 Å². The van der Waals surface area contributed by atoms with Gasteiger partial charge >= 0.3 is 6.03 Å². The molecule has 2 heterocycles. The first kappa shape index (κ1) is 20.1. The van der Waals surface area contributed by atoms with Gasteiger partial charge in [0.15, 0.2) is 11.5 Å². The van der Waals surface area contributed by atoms with Gasteiger partial charge in [-0.3, -0.25) is 4.90 Å². The molecule has 2 aromatic carbocycles. The van der Waals surface area contributed by atoms with Crippen molar-refractivity contribution in [2.24, 2.45) is 5.73 Å². The molecule has 6 nitrogen and oxygen atoms in total. The van der Waals surface area contributed by atoms with Crippen molar-refractivity contribution < 1.29 is 14.3 Å². The van der Waals surface area contributed by atoms with Crippen LogP contribution in [-0.4, -0.2) is 44.3 Å². The Kier molecular flexibility index (Phi) is 5.57. The second-order valence-electron chi connectivity index (χ2n) is 7.95. The predicted molar refractivity (Wildman–Crippen MR) is 119 cm³/mol. The molecule has 2 aliphatic heterocycles. The van der Waals surface area contributed by atoms with Crippen molar-refractivity contribution in [3.8, 4) is 11.5 Å². The number of hydrogen-bond donors (Lipinski definition) is 1. The van der Waals surface area contributed by atoms with Crippen molar-refractivity contribution in [3.63, 3.8) is 0 Å². The number of carbonyl (C=O) groups excluding carboxylic acids is 1. The summed E-state index contributed by atoms with van der Waals surface area (Å²) in [6, 6.07) is 12.0. The molecule has 158 valence electrons. The molecule has 0 aromatic heterocycles. The highest BCUT2D eigenvalue weighted by Crippen LogP contribution is 2.39. The van der Waals surface area contributed by atoms with Crippen molar-refractivity contribution in [1.29, 1.82) is 0 Å². The fourth-order valence-electron chi connectivity index (χ4n) is 4.43. The summed E-state index contributed by atoms with van der Waals surface area (Å²) < 4.78 is 11.1. The number of nitrogens with zero attached hydrogens (tertiary/aromatic N) is 2. The van der Waals surface area contributed by atoms with Crippen molar-refractivity contribution >= 4 is 17.3 Å². The van der Waals surface area contributed by atoms with E-state index < -0.39 is 6.03 Å². The molecule has 2 N–H and O–H groups in total. The van der Waals surface area contributed by atoms with Gasteiger partial charge in [-0.15, -0.1) is 0 Å². The Balaban J connectivity index is 1.82. The van der Waals surface area contributed by atoms with Crippen LogP contribution in [0.2, 0.25) is 0 Å². The summed E-state index contributed by atoms with van der Waals surface area (Å²) in [5, 5.41) is 0. The van der Waals surface area contributed by atoms with Crippen LogP contribution in [0.3, 0.4) is 0 Å². The lowest BCUT2D eigenvalue weighted by molar-refractivity contribution is 0.213. The first-order valence-corrected chi connectivity index (χ1v) is 10.4. The van der Waals surface area contributed by atoms with Crippen molar-refractivity contribution in [2.45, 2.75) is 32.2 Å². The van der Waals surface area contributed by atoms with E-state index in [1.807, 2.05) is 25.3 Å². The number of carbonyl (C=O) groups is 1. The maximum Gasteiger partial charge on any atom is 0.319 e. The summed E-state index contributed by atoms with van der Waals surface area (Å²) >= 11 is 0. The average molecular weight is 408 g/mol. The Morgan fingerprint density at radius 2 is 1.67 bits per heavy atom. The third-order valence-electron chi connectivity index (χ3n) is 6.06. The highest BCUT2D eigenvalue weighted by atomic mass is 16.5. The lowest BCUT2D eigenvalue weighted by Crippen LogP contribution is -2.38. The maximum absolute atomic E-state index is 12.2. The molecule has 0 bridgehead atoms. The van der Waals surface area contributed by atoms with Crippen LogP contribution < -0.4 is 20.1 Å². The zero-order chi connectivity index (χ0) is 21.3. The van der Waals surface area contributed by atoms with Crippen LogP contribution in [0.15, 0.2) is 42.6 Å². The van der Waals surface area contributed by atoms with Crippen LogP contribution in [0.4, 0.5) is 10.5 Å². The summed E-state index contributed by atoms with van der Waals surface area (Å²) in [4.78, 5) is 16.2. The third kappa shape index (κ3) is 3.70. The average Bonchev–Trinajstić information content (AvgIpc) is 3.24. The Morgan fingerprint density at radius 1 is 1.03 bits per heavy atom. The highest BCUT2D eigenvalue weighted by Gasteiger charge is 2.26. The molecule has 0 aliphatic carbocycles. The first-order chi connectivity index (χ1) is 14.5. The number of urea groups is 1. The SMILES string of the molecule is COc1cc2c(cc1OC)C(c1ccc(N3CCCC3)cc1)=CN(C(N)=O)C(C)C2. The molecule has 1 atom stereocenters. The number of amides is 2. The minimum Gasteiger partial charge on any atom is -0.493 e. The number of benzene rings is 2. The van der Waals surface area contributed by atoms with Gasteiger partial charge in [0.1, 0.15) is 0 Å². The molecule has 30 heavy (non-hydrogen) atoms. The minimum atomic E-state index is -0.458. The molecule has 4 rings (SSSR count). The van der Waals surface area contributed by atoms with Gasteiger partial charge in [0.2, 0.25) is 0 Å². The topological polar surface area (TPSA) is 68.0 Å². The lowest BCUT2D eigenvalue weighted by Gasteiger charge is -2.22. The lowest BCUT2D eigenvalue weighted by atomic mass is 9.92. The monoisotopic (exact) mass is 407 g/mol. The van der Waals surface area contributed by atoms with Gasteiger partial charge in [-0.25, -0.2) is 4.79 Å². The Hall–Kier alpha value is -3.15. The molecule has 2 amide bonds. The number of rotatable bonds is 4. The van der Waals surface area contributed by atoms with E-state index in [0.717, 1.165) is 35.4 Å². The van der Waals surface area contributed by atoms with E-state index >= 15 is 0 Å². The molecule has 2 aromatic rings. The molecule has 0 spiro atoms. The van der Waals surface area contributed by atoms with Crippen molar-refractivity contribution in [3.05, 3.63) is 59.3 Å². The van der Waals surface area contributed by atoms with Crippen LogP contribution in [-0.2, 0) is 6.42 Å². The summed E-state index contributed by atoms with van der Waals surface area (Å²) in [5.41, 5.74) is 11.0. The zero-order valence-electron chi connectivity index (χ0n) is 17.9. The van der Waals surface area contributed by atoms with Crippen LogP contribution in [0.25, 0.3) is 5.57 Å². The third-order valence-corrected chi connectivity index (χ3v) is 6.06. The predicted octanol–water partition coefficient (Wildman–Crippen LogP) is 4.02. The van der Waals surface area contributed by atoms with E-state index in [1.165, 1.54) is 18.5 Å². The summed E-state index contributed by atoms with van der Waals surface area (Å²) in [5.74, 6) is 1.34. The summed E-state index contributed by atoms with van der Waals surface area (Å²) in [6.45, 7) is 4.21. The number of nitrogens with two attached hydrogens (primary N) is 1. The maximum atomic E-state index is 12.2. The normalized spacial score (nSPS) is 18.5. The van der Waals surface area contributed by atoms with Gasteiger partial charge < -0.3 is 20.1 Å². The number of ether oxygens (including phenoxy) is 2. The van der Waals surface area contributed by atoms with Gasteiger partial charge in [0, 0.05) is 36.6 Å². The van der Waals surface area contributed by atoms with Crippen LogP contribution in [0.5, 0.6) is 11.5 Å². The fourth-order valence-corrected chi connectivity index (χ4v) is 4.43. The smallest absolute Gasteiger partial charge is 0.319 e. The van der Waals surface area contributed by atoms with Crippen molar-refractivity contribution in [2.75, 3.05) is 32.2 Å². The molecule has 1 saturated heterocycles. The highest BCUT2D eigenvalue weighted by molar-refractivity contribution is 5.86. The number of hydrogen-bond acceptors (Lipinski definition) is 4. The molecule has 1 fully saturated rings. The molecule has 1 unspecified atom stereocenters. The zero-order valence-corrected chi connectivity index (χ0v) is 17.9. The Labute approximate surface area is 177 Å². The number of anilines is 1. The van der Waals surface area contributed by atoms with Gasteiger partial charge in [-0.2, -0.15) is 0 Å². The molecule has 2 aliphatic rings. The first-order valence-electron chi connectivity index (χ1n) is 10.4. The van der Waals surface area contributed by atoms with Gasteiger partial charge in [0.25, 0.3) is 0 Å². The Morgan fingerprint density at radius 3 is 2.27 bits per heavy atom. The summed E-state index contributed by atoms with van der Waals surface area (Å²) in [6.07, 6.45) is 5.03. The van der Waals surface area contributed by atoms with Crippen LogP contribution in [0, 0.1) is 0 Å². The standard InChI is InChI=1S/C24H29N3O3/c1-16-12-18-13-22(29-2)23(30-3)14-20(18)21(15-27(16)24(25)28)17-6-8-19(9-7-17)26-10-4-5-11-26/h6-9,13-16H,4-5,10-12H2,1-3H3,(H2,25,28). The van der Waals surface area contributed by atoms with E-state index in [4.69, 9.17) is 15.2 Å². The summed E-state index contributed by atoms with van der Waals surface area (Å²) in [7, 11) is 3.27. The van der Waals surface area contributed by atoms with E-state index in [0.29, 0.717) is 17.9 Å². The van der Waals surface area contributed by atoms with Gasteiger partial charge in [-0.05, 0) is 67.1 Å². The number of methoxy groups -OCH3 is 2. The minimum absolute atomic E-state index is 0.0688. The Bertz CT molecular complexity index is 962. The molecule has 0 saturated carbocycles. The fraction of sp³-hybridized carbons (Fsp3) is 0.375. The molecule has 0 radical (unpaired) electrons. The van der Waals surface area contributed by atoms with E-state index in [2.05, 4.69) is 29.2 Å².